The van der Waals surface area contributed by atoms with E-state index in [0.29, 0.717) is 10.8 Å². The SMILES string of the molecule is C[C@H](N)c1ccc(OCC(=O)N2CCCC2)c(Cl)c1. The fraction of sp³-hybridized carbons (Fsp3) is 0.500. The van der Waals surface area contributed by atoms with Crippen molar-refractivity contribution < 1.29 is 9.53 Å². The lowest BCUT2D eigenvalue weighted by atomic mass is 10.1. The highest BCUT2D eigenvalue weighted by atomic mass is 35.5. The minimum atomic E-state index is -0.0715. The summed E-state index contributed by atoms with van der Waals surface area (Å²) in [6, 6.07) is 5.34. The molecule has 2 N–H and O–H groups in total. The molecular weight excluding hydrogens is 264 g/mol. The molecule has 0 saturated carbocycles. The molecule has 5 heteroatoms. The predicted octanol–water partition coefficient (Wildman–Crippen LogP) is 2.36. The zero-order valence-electron chi connectivity index (χ0n) is 11.1. The van der Waals surface area contributed by atoms with Crippen LogP contribution >= 0.6 is 11.6 Å². The molecule has 4 nitrogen and oxygen atoms in total. The van der Waals surface area contributed by atoms with Gasteiger partial charge in [-0.1, -0.05) is 17.7 Å². The molecule has 1 fully saturated rings. The molecule has 19 heavy (non-hydrogen) atoms. The van der Waals surface area contributed by atoms with Crippen molar-refractivity contribution >= 4 is 17.5 Å². The van der Waals surface area contributed by atoms with Crippen molar-refractivity contribution in [3.8, 4) is 5.75 Å². The van der Waals surface area contributed by atoms with Gasteiger partial charge in [-0.25, -0.2) is 0 Å². The number of ether oxygens (including phenoxy) is 1. The lowest BCUT2D eigenvalue weighted by Crippen LogP contribution is -2.32. The molecule has 0 bridgehead atoms. The van der Waals surface area contributed by atoms with Crippen LogP contribution in [0, 0.1) is 0 Å². The third-order valence-corrected chi connectivity index (χ3v) is 3.59. The van der Waals surface area contributed by atoms with Crippen molar-refractivity contribution in [3.63, 3.8) is 0 Å². The Hall–Kier alpha value is -1.26. The van der Waals surface area contributed by atoms with E-state index in [0.717, 1.165) is 31.5 Å². The number of halogens is 1. The number of hydrogen-bond donors (Lipinski definition) is 1. The highest BCUT2D eigenvalue weighted by molar-refractivity contribution is 6.32. The Bertz CT molecular complexity index is 457. The van der Waals surface area contributed by atoms with Gasteiger partial charge in [0.25, 0.3) is 5.91 Å². The topological polar surface area (TPSA) is 55.6 Å². The number of carbonyl (C=O) groups excluding carboxylic acids is 1. The van der Waals surface area contributed by atoms with Crippen LogP contribution in [0.1, 0.15) is 31.4 Å². The third-order valence-electron chi connectivity index (χ3n) is 3.29. The molecule has 1 heterocycles. The Labute approximate surface area is 118 Å². The van der Waals surface area contributed by atoms with Gasteiger partial charge in [-0.15, -0.1) is 0 Å². The molecule has 0 radical (unpaired) electrons. The number of benzene rings is 1. The van der Waals surface area contributed by atoms with Crippen molar-refractivity contribution in [3.05, 3.63) is 28.8 Å². The highest BCUT2D eigenvalue weighted by Crippen LogP contribution is 2.27. The number of hydrogen-bond acceptors (Lipinski definition) is 3. The summed E-state index contributed by atoms with van der Waals surface area (Å²) in [5.41, 5.74) is 6.72. The van der Waals surface area contributed by atoms with E-state index in [1.54, 1.807) is 12.1 Å². The Kier molecular flexibility index (Phi) is 4.66. The molecule has 1 aliphatic heterocycles. The lowest BCUT2D eigenvalue weighted by Gasteiger charge is -2.16. The molecule has 0 spiro atoms. The second kappa shape index (κ2) is 6.26. The maximum absolute atomic E-state index is 11.8. The number of rotatable bonds is 4. The Morgan fingerprint density at radius 3 is 2.74 bits per heavy atom. The van der Waals surface area contributed by atoms with Crippen molar-refractivity contribution in [2.45, 2.75) is 25.8 Å². The largest absolute Gasteiger partial charge is 0.482 e. The van der Waals surface area contributed by atoms with E-state index in [1.165, 1.54) is 0 Å². The van der Waals surface area contributed by atoms with E-state index >= 15 is 0 Å². The van der Waals surface area contributed by atoms with Gasteiger partial charge in [0.15, 0.2) is 6.61 Å². The van der Waals surface area contributed by atoms with Crippen LogP contribution in [0.15, 0.2) is 18.2 Å². The van der Waals surface area contributed by atoms with Crippen LogP contribution in [0.5, 0.6) is 5.75 Å². The minimum absolute atomic E-state index is 0.0184. The van der Waals surface area contributed by atoms with Crippen LogP contribution in [0.3, 0.4) is 0 Å². The van der Waals surface area contributed by atoms with Crippen LogP contribution in [-0.4, -0.2) is 30.5 Å². The fourth-order valence-electron chi connectivity index (χ4n) is 2.11. The molecule has 0 aliphatic carbocycles. The molecule has 1 saturated heterocycles. The lowest BCUT2D eigenvalue weighted by molar-refractivity contribution is -0.132. The zero-order chi connectivity index (χ0) is 13.8. The van der Waals surface area contributed by atoms with Crippen molar-refractivity contribution in [2.24, 2.45) is 5.73 Å². The van der Waals surface area contributed by atoms with Crippen LogP contribution in [0.25, 0.3) is 0 Å². The van der Waals surface area contributed by atoms with Crippen LogP contribution in [0.4, 0.5) is 0 Å². The first-order valence-corrected chi connectivity index (χ1v) is 6.91. The van der Waals surface area contributed by atoms with Gasteiger partial charge in [-0.2, -0.15) is 0 Å². The van der Waals surface area contributed by atoms with Gasteiger partial charge < -0.3 is 15.4 Å². The molecular formula is C14H19ClN2O2. The van der Waals surface area contributed by atoms with Gasteiger partial charge in [0, 0.05) is 19.1 Å². The summed E-state index contributed by atoms with van der Waals surface area (Å²) >= 11 is 6.11. The number of nitrogens with two attached hydrogens (primary N) is 1. The minimum Gasteiger partial charge on any atom is -0.482 e. The summed E-state index contributed by atoms with van der Waals surface area (Å²) in [5.74, 6) is 0.545. The number of likely N-dealkylation sites (tertiary alicyclic amines) is 1. The molecule has 1 aromatic rings. The normalized spacial score (nSPS) is 16.5. The average molecular weight is 283 g/mol. The predicted molar refractivity (Wildman–Crippen MR) is 75.4 cm³/mol. The average Bonchev–Trinajstić information content (AvgIpc) is 2.90. The molecule has 0 unspecified atom stereocenters. The summed E-state index contributed by atoms with van der Waals surface area (Å²) in [6.07, 6.45) is 2.16. The summed E-state index contributed by atoms with van der Waals surface area (Å²) in [5, 5.41) is 0.490. The Morgan fingerprint density at radius 2 is 2.16 bits per heavy atom. The monoisotopic (exact) mass is 282 g/mol. The van der Waals surface area contributed by atoms with E-state index < -0.39 is 0 Å². The van der Waals surface area contributed by atoms with Gasteiger partial charge in [0.05, 0.1) is 5.02 Å². The molecule has 2 rings (SSSR count). The highest BCUT2D eigenvalue weighted by Gasteiger charge is 2.18. The first kappa shape index (κ1) is 14.2. The third kappa shape index (κ3) is 3.61. The van der Waals surface area contributed by atoms with Crippen molar-refractivity contribution in [2.75, 3.05) is 19.7 Å². The standard InChI is InChI=1S/C14H19ClN2O2/c1-10(16)11-4-5-13(12(15)8-11)19-9-14(18)17-6-2-3-7-17/h4-5,8,10H,2-3,6-7,9,16H2,1H3/t10-/m0/s1. The second-order valence-corrected chi connectivity index (χ2v) is 5.26. The van der Waals surface area contributed by atoms with E-state index in [-0.39, 0.29) is 18.6 Å². The van der Waals surface area contributed by atoms with Crippen LogP contribution < -0.4 is 10.5 Å². The Morgan fingerprint density at radius 1 is 1.47 bits per heavy atom. The van der Waals surface area contributed by atoms with E-state index in [2.05, 4.69) is 0 Å². The van der Waals surface area contributed by atoms with Gasteiger partial charge in [0.2, 0.25) is 0 Å². The molecule has 1 aromatic carbocycles. The fourth-order valence-corrected chi connectivity index (χ4v) is 2.36. The van der Waals surface area contributed by atoms with Gasteiger partial charge in [-0.3, -0.25) is 4.79 Å². The molecule has 104 valence electrons. The maximum Gasteiger partial charge on any atom is 0.260 e. The molecule has 0 aromatic heterocycles. The first-order valence-electron chi connectivity index (χ1n) is 6.53. The summed E-state index contributed by atoms with van der Waals surface area (Å²) in [4.78, 5) is 13.7. The van der Waals surface area contributed by atoms with Gasteiger partial charge >= 0.3 is 0 Å². The number of amides is 1. The van der Waals surface area contributed by atoms with E-state index in [9.17, 15) is 4.79 Å². The smallest absolute Gasteiger partial charge is 0.260 e. The quantitative estimate of drug-likeness (QED) is 0.922. The number of nitrogens with zero attached hydrogens (tertiary/aromatic N) is 1. The molecule has 1 atom stereocenters. The summed E-state index contributed by atoms with van der Waals surface area (Å²) in [7, 11) is 0. The first-order chi connectivity index (χ1) is 9.08. The zero-order valence-corrected chi connectivity index (χ0v) is 11.8. The molecule has 1 aliphatic rings. The van der Waals surface area contributed by atoms with Crippen molar-refractivity contribution in [1.29, 1.82) is 0 Å². The summed E-state index contributed by atoms with van der Waals surface area (Å²) in [6.45, 7) is 3.60. The van der Waals surface area contributed by atoms with Crippen LogP contribution in [-0.2, 0) is 4.79 Å². The van der Waals surface area contributed by atoms with Gasteiger partial charge in [-0.05, 0) is 37.5 Å². The molecule has 1 amide bonds. The summed E-state index contributed by atoms with van der Waals surface area (Å²) < 4.78 is 5.48. The van der Waals surface area contributed by atoms with E-state index in [1.807, 2.05) is 17.9 Å². The van der Waals surface area contributed by atoms with Crippen molar-refractivity contribution in [1.82, 2.24) is 4.90 Å². The van der Waals surface area contributed by atoms with E-state index in [4.69, 9.17) is 22.1 Å². The Balaban J connectivity index is 1.94. The maximum atomic E-state index is 11.8. The second-order valence-electron chi connectivity index (χ2n) is 4.86. The number of carbonyl (C=O) groups is 1. The van der Waals surface area contributed by atoms with Crippen LogP contribution in [0.2, 0.25) is 5.02 Å². The van der Waals surface area contributed by atoms with Gasteiger partial charge in [0.1, 0.15) is 5.75 Å².